The highest BCUT2D eigenvalue weighted by Crippen LogP contribution is 2.33. The van der Waals surface area contributed by atoms with Gasteiger partial charge in [-0.25, -0.2) is 4.98 Å². The van der Waals surface area contributed by atoms with E-state index < -0.39 is 0 Å². The van der Waals surface area contributed by atoms with Crippen molar-refractivity contribution in [2.24, 2.45) is 0 Å². The summed E-state index contributed by atoms with van der Waals surface area (Å²) in [5.41, 5.74) is 4.34. The number of aromatic amines is 2. The maximum Gasteiger partial charge on any atom is 0.256 e. The van der Waals surface area contributed by atoms with Crippen molar-refractivity contribution in [1.82, 2.24) is 35.0 Å². The topological polar surface area (TPSA) is 119 Å². The fourth-order valence-electron chi connectivity index (χ4n) is 5.09. The van der Waals surface area contributed by atoms with Crippen molar-refractivity contribution in [1.29, 1.82) is 0 Å². The maximum atomic E-state index is 13.4. The van der Waals surface area contributed by atoms with Gasteiger partial charge in [0, 0.05) is 60.8 Å². The summed E-state index contributed by atoms with van der Waals surface area (Å²) in [4.78, 5) is 34.7. The van der Waals surface area contributed by atoms with Gasteiger partial charge in [0.1, 0.15) is 5.82 Å². The zero-order chi connectivity index (χ0) is 23.9. The van der Waals surface area contributed by atoms with Crippen LogP contribution in [0.2, 0.25) is 0 Å². The fraction of sp³-hybridized carbons (Fsp3) is 0.320. The van der Waals surface area contributed by atoms with Crippen LogP contribution in [0.1, 0.15) is 34.6 Å². The Balaban J connectivity index is 1.18. The van der Waals surface area contributed by atoms with Crippen LogP contribution in [0.4, 0.5) is 17.6 Å². The Kier molecular flexibility index (Phi) is 5.20. The highest BCUT2D eigenvalue weighted by atomic mass is 16.2. The van der Waals surface area contributed by atoms with E-state index in [1.165, 1.54) is 0 Å². The van der Waals surface area contributed by atoms with Crippen molar-refractivity contribution in [3.63, 3.8) is 0 Å². The number of piperazine rings is 1. The van der Waals surface area contributed by atoms with Gasteiger partial charge in [0.15, 0.2) is 5.82 Å². The minimum absolute atomic E-state index is 0.0479. The van der Waals surface area contributed by atoms with Crippen molar-refractivity contribution in [2.45, 2.75) is 38.8 Å². The van der Waals surface area contributed by atoms with Crippen molar-refractivity contribution in [2.75, 3.05) is 23.3 Å². The molecule has 4 aromatic rings. The summed E-state index contributed by atoms with van der Waals surface area (Å²) >= 11 is 0. The molecule has 6 rings (SSSR count). The number of carbonyl (C=O) groups excluding carboxylic acids is 1. The highest BCUT2D eigenvalue weighted by molar-refractivity contribution is 5.95. The van der Waals surface area contributed by atoms with Gasteiger partial charge in [-0.3, -0.25) is 14.9 Å². The number of aromatic nitrogens is 6. The first-order valence-corrected chi connectivity index (χ1v) is 11.8. The summed E-state index contributed by atoms with van der Waals surface area (Å²) < 4.78 is 0. The first-order chi connectivity index (χ1) is 17.0. The van der Waals surface area contributed by atoms with Crippen LogP contribution in [0.5, 0.6) is 0 Å². The minimum atomic E-state index is 0.0479. The number of fused-ring (bicyclic) bond motifs is 2. The Morgan fingerprint density at radius 2 is 1.89 bits per heavy atom. The van der Waals surface area contributed by atoms with Gasteiger partial charge in [0.25, 0.3) is 5.91 Å². The smallest absolute Gasteiger partial charge is 0.256 e. The molecule has 2 bridgehead atoms. The van der Waals surface area contributed by atoms with Crippen LogP contribution in [-0.2, 0) is 0 Å². The normalized spacial score (nSPS) is 19.3. The number of pyridine rings is 1. The molecule has 0 saturated carbocycles. The lowest BCUT2D eigenvalue weighted by Crippen LogP contribution is -2.56. The molecular weight excluding hydrogens is 442 g/mol. The Hall–Kier alpha value is -4.21. The van der Waals surface area contributed by atoms with Gasteiger partial charge in [0.2, 0.25) is 5.95 Å². The average Bonchev–Trinajstić information content (AvgIpc) is 3.58. The Morgan fingerprint density at radius 1 is 1.06 bits per heavy atom. The molecule has 6 heterocycles. The standard InChI is InChI=1S/C25H27N9O/c1-15-9-22(29-23-10-16(2)31-32-23)30-25(28-15)33-13-19-4-5-20(14-33)34(19)24(35)18-3-6-21(27-12-18)17-7-8-26-11-17/h3,6-12,19-20,26H,4-5,13-14H2,1-2H3,(H2,28,29,30,31,32). The largest absolute Gasteiger partial charge is 0.367 e. The molecule has 10 nitrogen and oxygen atoms in total. The van der Waals surface area contributed by atoms with Crippen molar-refractivity contribution < 1.29 is 4.79 Å². The lowest BCUT2D eigenvalue weighted by molar-refractivity contribution is 0.0640. The minimum Gasteiger partial charge on any atom is -0.367 e. The zero-order valence-corrected chi connectivity index (χ0v) is 19.7. The molecule has 178 valence electrons. The molecule has 2 saturated heterocycles. The van der Waals surface area contributed by atoms with Gasteiger partial charge in [-0.2, -0.15) is 10.1 Å². The van der Waals surface area contributed by atoms with Gasteiger partial charge >= 0.3 is 0 Å². The van der Waals surface area contributed by atoms with Gasteiger partial charge in [-0.15, -0.1) is 0 Å². The first-order valence-electron chi connectivity index (χ1n) is 11.8. The quantitative estimate of drug-likeness (QED) is 0.410. The number of nitrogens with zero attached hydrogens (tertiary/aromatic N) is 6. The predicted molar refractivity (Wildman–Crippen MR) is 133 cm³/mol. The molecule has 0 spiro atoms. The summed E-state index contributed by atoms with van der Waals surface area (Å²) in [6.07, 6.45) is 7.40. The van der Waals surface area contributed by atoms with Gasteiger partial charge in [-0.05, 0) is 44.9 Å². The van der Waals surface area contributed by atoms with Crippen LogP contribution in [0.3, 0.4) is 0 Å². The van der Waals surface area contributed by atoms with E-state index in [4.69, 9.17) is 9.97 Å². The molecule has 4 aromatic heterocycles. The number of hydrogen-bond acceptors (Lipinski definition) is 7. The molecule has 1 amide bonds. The van der Waals surface area contributed by atoms with E-state index in [1.54, 1.807) is 6.20 Å². The second-order valence-corrected chi connectivity index (χ2v) is 9.29. The number of amides is 1. The second kappa shape index (κ2) is 8.53. The second-order valence-electron chi connectivity index (χ2n) is 9.29. The van der Waals surface area contributed by atoms with Gasteiger partial charge < -0.3 is 20.1 Å². The van der Waals surface area contributed by atoms with Crippen LogP contribution in [-0.4, -0.2) is 66.1 Å². The molecule has 2 aliphatic rings. The summed E-state index contributed by atoms with van der Waals surface area (Å²) in [6.45, 7) is 5.34. The van der Waals surface area contributed by atoms with Crippen LogP contribution >= 0.6 is 0 Å². The molecule has 0 aromatic carbocycles. The summed E-state index contributed by atoms with van der Waals surface area (Å²) in [5, 5.41) is 10.4. The third kappa shape index (κ3) is 4.11. The van der Waals surface area contributed by atoms with Crippen LogP contribution in [0, 0.1) is 13.8 Å². The third-order valence-electron chi connectivity index (χ3n) is 6.71. The molecule has 2 fully saturated rings. The molecule has 35 heavy (non-hydrogen) atoms. The number of rotatable bonds is 5. The SMILES string of the molecule is Cc1cc(Nc2cc(C)[nH]n2)nc(N2CC3CCC(C2)N3C(=O)c2ccc(-c3cc[nH]c3)nc2)n1. The molecule has 3 N–H and O–H groups in total. The number of aryl methyl sites for hydroxylation is 2. The lowest BCUT2D eigenvalue weighted by Gasteiger charge is -2.41. The van der Waals surface area contributed by atoms with E-state index in [9.17, 15) is 4.79 Å². The molecule has 2 atom stereocenters. The Morgan fingerprint density at radius 3 is 2.54 bits per heavy atom. The van der Waals surface area contributed by atoms with Crippen LogP contribution < -0.4 is 10.2 Å². The molecule has 10 heteroatoms. The fourth-order valence-corrected chi connectivity index (χ4v) is 5.09. The monoisotopic (exact) mass is 469 g/mol. The van der Waals surface area contributed by atoms with E-state index >= 15 is 0 Å². The zero-order valence-electron chi connectivity index (χ0n) is 19.7. The Labute approximate surface area is 202 Å². The summed E-state index contributed by atoms with van der Waals surface area (Å²) in [5.74, 6) is 2.16. The van der Waals surface area contributed by atoms with Crippen molar-refractivity contribution in [3.8, 4) is 11.3 Å². The number of hydrogen-bond donors (Lipinski definition) is 3. The van der Waals surface area contributed by atoms with Crippen molar-refractivity contribution in [3.05, 3.63) is 65.9 Å². The molecule has 2 aliphatic heterocycles. The van der Waals surface area contributed by atoms with Crippen LogP contribution in [0.15, 0.2) is 48.9 Å². The molecule has 2 unspecified atom stereocenters. The van der Waals surface area contributed by atoms with E-state index in [0.717, 1.165) is 41.3 Å². The highest BCUT2D eigenvalue weighted by Gasteiger charge is 2.43. The lowest BCUT2D eigenvalue weighted by atomic mass is 10.1. The van der Waals surface area contributed by atoms with E-state index in [2.05, 4.69) is 30.4 Å². The summed E-state index contributed by atoms with van der Waals surface area (Å²) in [7, 11) is 0. The maximum absolute atomic E-state index is 13.4. The Bertz CT molecular complexity index is 1330. The van der Waals surface area contributed by atoms with Gasteiger partial charge in [0.05, 0.1) is 23.3 Å². The van der Waals surface area contributed by atoms with Crippen molar-refractivity contribution >= 4 is 23.5 Å². The summed E-state index contributed by atoms with van der Waals surface area (Å²) in [6, 6.07) is 9.84. The first kappa shape index (κ1) is 21.3. The van der Waals surface area contributed by atoms with E-state index in [-0.39, 0.29) is 18.0 Å². The van der Waals surface area contributed by atoms with E-state index in [1.807, 2.05) is 61.5 Å². The molecule has 0 aliphatic carbocycles. The number of H-pyrrole nitrogens is 2. The van der Waals surface area contributed by atoms with Gasteiger partial charge in [-0.1, -0.05) is 0 Å². The number of anilines is 3. The third-order valence-corrected chi connectivity index (χ3v) is 6.71. The number of carbonyl (C=O) groups is 1. The number of nitrogens with one attached hydrogen (secondary N) is 3. The average molecular weight is 470 g/mol. The van der Waals surface area contributed by atoms with E-state index in [0.29, 0.717) is 30.4 Å². The molecular formula is C25H27N9O. The predicted octanol–water partition coefficient (Wildman–Crippen LogP) is 3.44. The molecule has 0 radical (unpaired) electrons. The van der Waals surface area contributed by atoms with Crippen LogP contribution in [0.25, 0.3) is 11.3 Å².